The Morgan fingerprint density at radius 2 is 1.79 bits per heavy atom. The number of aryl methyl sites for hydroxylation is 2. The zero-order valence-electron chi connectivity index (χ0n) is 19.1. The van der Waals surface area contributed by atoms with Crippen molar-refractivity contribution in [3.8, 4) is 5.75 Å². The third-order valence-electron chi connectivity index (χ3n) is 6.31. The van der Waals surface area contributed by atoms with E-state index in [-0.39, 0.29) is 17.6 Å². The van der Waals surface area contributed by atoms with E-state index in [0.717, 1.165) is 38.8 Å². The number of anilines is 1. The molecule has 7 heteroatoms. The molecule has 1 fully saturated rings. The van der Waals surface area contributed by atoms with Gasteiger partial charge < -0.3 is 14.2 Å². The van der Waals surface area contributed by atoms with Crippen LogP contribution in [0.5, 0.6) is 5.75 Å². The minimum atomic E-state index is -0.320. The predicted octanol–water partition coefficient (Wildman–Crippen LogP) is 6.05. The number of imidazole rings is 1. The number of rotatable bonds is 6. The fourth-order valence-electron chi connectivity index (χ4n) is 4.64. The van der Waals surface area contributed by atoms with Crippen LogP contribution in [0.25, 0.3) is 11.0 Å². The molecule has 0 N–H and O–H groups in total. The Balaban J connectivity index is 1.39. The van der Waals surface area contributed by atoms with Crippen LogP contribution in [0.15, 0.2) is 60.7 Å². The molecule has 1 aliphatic heterocycles. The van der Waals surface area contributed by atoms with Crippen LogP contribution in [0.2, 0.25) is 5.02 Å². The van der Waals surface area contributed by atoms with Gasteiger partial charge >= 0.3 is 0 Å². The molecule has 34 heavy (non-hydrogen) atoms. The smallest absolute Gasteiger partial charge is 0.227 e. The summed E-state index contributed by atoms with van der Waals surface area (Å²) < 4.78 is 21.6. The predicted molar refractivity (Wildman–Crippen MR) is 132 cm³/mol. The number of nitrogens with zero attached hydrogens (tertiary/aromatic N) is 3. The van der Waals surface area contributed by atoms with Crippen LogP contribution in [-0.4, -0.2) is 28.6 Å². The van der Waals surface area contributed by atoms with Crippen molar-refractivity contribution in [2.45, 2.75) is 32.7 Å². The van der Waals surface area contributed by atoms with E-state index in [0.29, 0.717) is 31.8 Å². The SMILES string of the molecule is Cc1cc(OCCn2c(C3CC(=O)N(c4ccc(F)cc4)C3)nc3ccccc32)cc(C)c1Cl. The molecule has 174 valence electrons. The lowest BCUT2D eigenvalue weighted by molar-refractivity contribution is -0.117. The van der Waals surface area contributed by atoms with Gasteiger partial charge in [-0.25, -0.2) is 9.37 Å². The zero-order chi connectivity index (χ0) is 23.8. The fraction of sp³-hybridized carbons (Fsp3) is 0.259. The van der Waals surface area contributed by atoms with Crippen LogP contribution in [0.1, 0.15) is 29.3 Å². The van der Waals surface area contributed by atoms with Gasteiger partial charge in [0.2, 0.25) is 5.91 Å². The summed E-state index contributed by atoms with van der Waals surface area (Å²) in [6, 6.07) is 17.9. The zero-order valence-corrected chi connectivity index (χ0v) is 19.8. The molecule has 0 radical (unpaired) electrons. The Morgan fingerprint density at radius 3 is 2.53 bits per heavy atom. The van der Waals surface area contributed by atoms with E-state index >= 15 is 0 Å². The molecule has 2 heterocycles. The summed E-state index contributed by atoms with van der Waals surface area (Å²) in [4.78, 5) is 19.4. The van der Waals surface area contributed by atoms with Crippen molar-refractivity contribution < 1.29 is 13.9 Å². The highest BCUT2D eigenvalue weighted by Gasteiger charge is 2.34. The van der Waals surface area contributed by atoms with Crippen molar-refractivity contribution in [1.29, 1.82) is 0 Å². The maximum Gasteiger partial charge on any atom is 0.227 e. The normalized spacial score (nSPS) is 15.9. The van der Waals surface area contributed by atoms with E-state index < -0.39 is 0 Å². The van der Waals surface area contributed by atoms with E-state index in [1.165, 1.54) is 12.1 Å². The van der Waals surface area contributed by atoms with Crippen molar-refractivity contribution in [3.63, 3.8) is 0 Å². The Bertz CT molecular complexity index is 1340. The molecule has 3 aromatic carbocycles. The van der Waals surface area contributed by atoms with Crippen molar-refractivity contribution in [2.75, 3.05) is 18.1 Å². The number of aromatic nitrogens is 2. The number of halogens is 2. The first-order valence-corrected chi connectivity index (χ1v) is 11.7. The van der Waals surface area contributed by atoms with Gasteiger partial charge in [0.05, 0.1) is 17.6 Å². The standard InChI is InChI=1S/C27H25ClFN3O2/c1-17-13-22(14-18(2)26(17)28)34-12-11-31-24-6-4-3-5-23(24)30-27(31)19-15-25(33)32(16-19)21-9-7-20(29)8-10-21/h3-10,13-14,19H,11-12,15-16H2,1-2H3. The number of hydrogen-bond acceptors (Lipinski definition) is 3. The number of carbonyl (C=O) groups is 1. The third kappa shape index (κ3) is 4.26. The molecule has 0 aliphatic carbocycles. The van der Waals surface area contributed by atoms with Crippen LogP contribution in [0, 0.1) is 19.7 Å². The maximum atomic E-state index is 13.4. The van der Waals surface area contributed by atoms with Gasteiger partial charge in [0.15, 0.2) is 0 Å². The Hall–Kier alpha value is -3.38. The number of carbonyl (C=O) groups excluding carboxylic acids is 1. The summed E-state index contributed by atoms with van der Waals surface area (Å²) in [5.74, 6) is 1.28. The number of hydrogen-bond donors (Lipinski definition) is 0. The lowest BCUT2D eigenvalue weighted by Gasteiger charge is -2.18. The third-order valence-corrected chi connectivity index (χ3v) is 6.90. The number of amides is 1. The highest BCUT2D eigenvalue weighted by Crippen LogP contribution is 2.33. The molecule has 1 unspecified atom stereocenters. The van der Waals surface area contributed by atoms with Crippen LogP contribution in [0.4, 0.5) is 10.1 Å². The maximum absolute atomic E-state index is 13.4. The molecule has 1 amide bonds. The van der Waals surface area contributed by atoms with E-state index in [1.54, 1.807) is 17.0 Å². The first kappa shape index (κ1) is 22.4. The topological polar surface area (TPSA) is 47.4 Å². The summed E-state index contributed by atoms with van der Waals surface area (Å²) >= 11 is 6.28. The quantitative estimate of drug-likeness (QED) is 0.340. The van der Waals surface area contributed by atoms with Gasteiger partial charge in [-0.05, 0) is 73.5 Å². The van der Waals surface area contributed by atoms with Crippen molar-refractivity contribution >= 4 is 34.2 Å². The van der Waals surface area contributed by atoms with E-state index in [4.69, 9.17) is 21.3 Å². The number of ether oxygens (including phenoxy) is 1. The first-order valence-electron chi connectivity index (χ1n) is 11.3. The minimum Gasteiger partial charge on any atom is -0.492 e. The first-order chi connectivity index (χ1) is 16.4. The molecule has 1 aromatic heterocycles. The van der Waals surface area contributed by atoms with Gasteiger partial charge in [-0.15, -0.1) is 0 Å². The molecule has 1 atom stereocenters. The molecule has 5 rings (SSSR count). The summed E-state index contributed by atoms with van der Waals surface area (Å²) in [6.07, 6.45) is 0.358. The number of para-hydroxylation sites is 2. The average Bonchev–Trinajstić information content (AvgIpc) is 3.38. The fourth-order valence-corrected chi connectivity index (χ4v) is 4.75. The Morgan fingerprint density at radius 1 is 1.09 bits per heavy atom. The summed E-state index contributed by atoms with van der Waals surface area (Å²) in [5, 5.41) is 0.756. The summed E-state index contributed by atoms with van der Waals surface area (Å²) in [7, 11) is 0. The highest BCUT2D eigenvalue weighted by molar-refractivity contribution is 6.32. The molecule has 1 aliphatic rings. The van der Waals surface area contributed by atoms with Gasteiger partial charge in [-0.1, -0.05) is 23.7 Å². The second-order valence-electron chi connectivity index (χ2n) is 8.71. The van der Waals surface area contributed by atoms with Crippen molar-refractivity contribution in [1.82, 2.24) is 9.55 Å². The monoisotopic (exact) mass is 477 g/mol. The van der Waals surface area contributed by atoms with Crippen LogP contribution in [-0.2, 0) is 11.3 Å². The van der Waals surface area contributed by atoms with Gasteiger partial charge in [-0.2, -0.15) is 0 Å². The second kappa shape index (κ2) is 9.11. The second-order valence-corrected chi connectivity index (χ2v) is 9.09. The number of fused-ring (bicyclic) bond motifs is 1. The van der Waals surface area contributed by atoms with Crippen LogP contribution < -0.4 is 9.64 Å². The van der Waals surface area contributed by atoms with Gasteiger partial charge in [0.25, 0.3) is 0 Å². The lowest BCUT2D eigenvalue weighted by atomic mass is 10.1. The van der Waals surface area contributed by atoms with Gasteiger partial charge in [0, 0.05) is 29.6 Å². The molecule has 0 saturated carbocycles. The summed E-state index contributed by atoms with van der Waals surface area (Å²) in [6.45, 7) is 5.49. The molecular weight excluding hydrogens is 453 g/mol. The van der Waals surface area contributed by atoms with Crippen molar-refractivity contribution in [2.24, 2.45) is 0 Å². The minimum absolute atomic E-state index is 0.0126. The Kier molecular flexibility index (Phi) is 6.00. The van der Waals surface area contributed by atoms with Gasteiger partial charge in [0.1, 0.15) is 24.0 Å². The summed E-state index contributed by atoms with van der Waals surface area (Å²) in [5.41, 5.74) is 4.57. The number of benzene rings is 3. The molecule has 4 aromatic rings. The molecule has 0 spiro atoms. The van der Waals surface area contributed by atoms with Crippen LogP contribution in [0.3, 0.4) is 0 Å². The molecular formula is C27H25ClFN3O2. The molecule has 5 nitrogen and oxygen atoms in total. The van der Waals surface area contributed by atoms with E-state index in [9.17, 15) is 9.18 Å². The average molecular weight is 478 g/mol. The highest BCUT2D eigenvalue weighted by atomic mass is 35.5. The van der Waals surface area contributed by atoms with E-state index in [1.807, 2.05) is 50.2 Å². The molecule has 0 bridgehead atoms. The lowest BCUT2D eigenvalue weighted by Crippen LogP contribution is -2.24. The van der Waals surface area contributed by atoms with E-state index in [2.05, 4.69) is 4.57 Å². The largest absolute Gasteiger partial charge is 0.492 e. The molecule has 1 saturated heterocycles. The Labute approximate surface area is 202 Å². The van der Waals surface area contributed by atoms with Crippen LogP contribution >= 0.6 is 11.6 Å². The van der Waals surface area contributed by atoms with Crippen molar-refractivity contribution in [3.05, 3.63) is 88.5 Å². The van der Waals surface area contributed by atoms with Gasteiger partial charge in [-0.3, -0.25) is 4.79 Å².